The summed E-state index contributed by atoms with van der Waals surface area (Å²) in [6.45, 7) is 1.38. The fourth-order valence-electron chi connectivity index (χ4n) is 1.85. The largest absolute Gasteiger partial charge is 0.508 e. The van der Waals surface area contributed by atoms with Crippen LogP contribution in [0.15, 0.2) is 24.4 Å². The molecule has 5 heteroatoms. The number of carboxylic acids is 1. The smallest absolute Gasteiger partial charge is 0.307 e. The van der Waals surface area contributed by atoms with Crippen LogP contribution in [0.25, 0.3) is 10.9 Å². The molecule has 2 aromatic rings. The monoisotopic (exact) mass is 233 g/mol. The van der Waals surface area contributed by atoms with E-state index >= 15 is 0 Å². The van der Waals surface area contributed by atoms with Gasteiger partial charge in [0, 0.05) is 24.6 Å². The van der Waals surface area contributed by atoms with E-state index in [0.29, 0.717) is 16.5 Å². The third kappa shape index (κ3) is 1.99. The van der Waals surface area contributed by atoms with Gasteiger partial charge in [0.1, 0.15) is 5.75 Å². The van der Waals surface area contributed by atoms with Crippen LogP contribution < -0.4 is 0 Å². The molecule has 0 aliphatic heterocycles. The molecule has 0 atom stereocenters. The maximum Gasteiger partial charge on any atom is 0.307 e. The van der Waals surface area contributed by atoms with Crippen molar-refractivity contribution in [2.75, 3.05) is 0 Å². The van der Waals surface area contributed by atoms with E-state index in [1.807, 2.05) is 0 Å². The Balaban J connectivity index is 2.70. The molecule has 1 heterocycles. The van der Waals surface area contributed by atoms with Gasteiger partial charge in [0.05, 0.1) is 11.9 Å². The Kier molecular flexibility index (Phi) is 2.59. The SMILES string of the molecule is CC(=O)n1cc(CC(=O)O)c2ccc(O)cc21. The molecule has 2 rings (SSSR count). The number of nitrogens with zero attached hydrogens (tertiary/aromatic N) is 1. The van der Waals surface area contributed by atoms with Gasteiger partial charge < -0.3 is 10.2 Å². The number of carbonyl (C=O) groups excluding carboxylic acids is 1. The molecule has 17 heavy (non-hydrogen) atoms. The first-order valence-corrected chi connectivity index (χ1v) is 5.04. The van der Waals surface area contributed by atoms with Crippen molar-refractivity contribution < 1.29 is 19.8 Å². The molecule has 0 saturated heterocycles. The highest BCUT2D eigenvalue weighted by Gasteiger charge is 2.13. The molecule has 0 aliphatic rings. The molecule has 0 saturated carbocycles. The Morgan fingerprint density at radius 3 is 2.65 bits per heavy atom. The molecular formula is C12H11NO4. The second-order valence-corrected chi connectivity index (χ2v) is 3.82. The lowest BCUT2D eigenvalue weighted by molar-refractivity contribution is -0.136. The highest BCUT2D eigenvalue weighted by atomic mass is 16.4. The maximum absolute atomic E-state index is 11.4. The Morgan fingerprint density at radius 1 is 1.35 bits per heavy atom. The van der Waals surface area contributed by atoms with Gasteiger partial charge in [-0.1, -0.05) is 0 Å². The Hall–Kier alpha value is -2.30. The van der Waals surface area contributed by atoms with Gasteiger partial charge in [-0.25, -0.2) is 0 Å². The first-order chi connectivity index (χ1) is 7.99. The van der Waals surface area contributed by atoms with E-state index in [4.69, 9.17) is 5.11 Å². The van der Waals surface area contributed by atoms with Crippen LogP contribution in [-0.2, 0) is 11.2 Å². The minimum Gasteiger partial charge on any atom is -0.508 e. The normalized spacial score (nSPS) is 10.6. The number of phenolic OH excluding ortho intramolecular Hbond substituents is 1. The fraction of sp³-hybridized carbons (Fsp3) is 0.167. The van der Waals surface area contributed by atoms with E-state index in [-0.39, 0.29) is 18.1 Å². The number of fused-ring (bicyclic) bond motifs is 1. The highest BCUT2D eigenvalue weighted by molar-refractivity contribution is 5.95. The van der Waals surface area contributed by atoms with E-state index in [0.717, 1.165) is 0 Å². The average Bonchev–Trinajstić information content (AvgIpc) is 2.55. The predicted octanol–water partition coefficient (Wildman–Crippen LogP) is 1.63. The lowest BCUT2D eigenvalue weighted by Crippen LogP contribution is -2.03. The Labute approximate surface area is 96.9 Å². The summed E-state index contributed by atoms with van der Waals surface area (Å²) in [4.78, 5) is 22.1. The molecule has 0 spiro atoms. The van der Waals surface area contributed by atoms with Crippen molar-refractivity contribution in [1.82, 2.24) is 4.57 Å². The third-order valence-electron chi connectivity index (χ3n) is 2.55. The van der Waals surface area contributed by atoms with Crippen molar-refractivity contribution in [3.05, 3.63) is 30.0 Å². The van der Waals surface area contributed by atoms with Crippen LogP contribution in [0, 0.1) is 0 Å². The zero-order valence-corrected chi connectivity index (χ0v) is 9.17. The molecule has 0 bridgehead atoms. The van der Waals surface area contributed by atoms with Crippen molar-refractivity contribution >= 4 is 22.8 Å². The fourth-order valence-corrected chi connectivity index (χ4v) is 1.85. The summed E-state index contributed by atoms with van der Waals surface area (Å²) in [5.74, 6) is -1.14. The van der Waals surface area contributed by atoms with Crippen LogP contribution >= 0.6 is 0 Å². The molecule has 0 unspecified atom stereocenters. The number of aliphatic carboxylic acids is 1. The van der Waals surface area contributed by atoms with Crippen molar-refractivity contribution in [1.29, 1.82) is 0 Å². The highest BCUT2D eigenvalue weighted by Crippen LogP contribution is 2.25. The van der Waals surface area contributed by atoms with Crippen LogP contribution in [0.4, 0.5) is 0 Å². The van der Waals surface area contributed by atoms with Crippen molar-refractivity contribution in [2.45, 2.75) is 13.3 Å². The van der Waals surface area contributed by atoms with Crippen molar-refractivity contribution in [3.8, 4) is 5.75 Å². The predicted molar refractivity (Wildman–Crippen MR) is 61.2 cm³/mol. The van der Waals surface area contributed by atoms with E-state index < -0.39 is 5.97 Å². The van der Waals surface area contributed by atoms with Crippen LogP contribution in [-0.4, -0.2) is 26.7 Å². The summed E-state index contributed by atoms with van der Waals surface area (Å²) < 4.78 is 1.34. The summed E-state index contributed by atoms with van der Waals surface area (Å²) in [5.41, 5.74) is 1.08. The lowest BCUT2D eigenvalue weighted by atomic mass is 10.1. The van der Waals surface area contributed by atoms with Gasteiger partial charge in [-0.3, -0.25) is 14.2 Å². The van der Waals surface area contributed by atoms with Gasteiger partial charge in [-0.05, 0) is 17.7 Å². The van der Waals surface area contributed by atoms with E-state index in [2.05, 4.69) is 0 Å². The molecule has 1 aromatic carbocycles. The summed E-state index contributed by atoms with van der Waals surface area (Å²) in [7, 11) is 0. The number of rotatable bonds is 2. The van der Waals surface area contributed by atoms with E-state index in [9.17, 15) is 14.7 Å². The van der Waals surface area contributed by atoms with Crippen LogP contribution in [0.5, 0.6) is 5.75 Å². The average molecular weight is 233 g/mol. The summed E-state index contributed by atoms with van der Waals surface area (Å²) >= 11 is 0. The number of aromatic hydroxyl groups is 1. The number of hydrogen-bond donors (Lipinski definition) is 2. The molecule has 0 fully saturated rings. The number of carbonyl (C=O) groups is 2. The maximum atomic E-state index is 11.4. The van der Waals surface area contributed by atoms with E-state index in [1.54, 1.807) is 6.07 Å². The zero-order chi connectivity index (χ0) is 12.6. The molecule has 0 radical (unpaired) electrons. The molecule has 88 valence electrons. The van der Waals surface area contributed by atoms with Gasteiger partial charge in [0.25, 0.3) is 0 Å². The first kappa shape index (κ1) is 11.2. The number of benzene rings is 1. The lowest BCUT2D eigenvalue weighted by Gasteiger charge is -1.99. The summed E-state index contributed by atoms with van der Waals surface area (Å²) in [5, 5.41) is 18.8. The molecule has 0 amide bonds. The number of phenols is 1. The number of hydrogen-bond acceptors (Lipinski definition) is 3. The van der Waals surface area contributed by atoms with Crippen LogP contribution in [0.2, 0.25) is 0 Å². The summed E-state index contributed by atoms with van der Waals surface area (Å²) in [6, 6.07) is 4.53. The van der Waals surface area contributed by atoms with Crippen molar-refractivity contribution in [2.24, 2.45) is 0 Å². The van der Waals surface area contributed by atoms with Gasteiger partial charge in [-0.15, -0.1) is 0 Å². The minimum atomic E-state index is -0.958. The van der Waals surface area contributed by atoms with E-state index in [1.165, 1.54) is 29.8 Å². The molecule has 2 N–H and O–H groups in total. The second kappa shape index (κ2) is 3.93. The Morgan fingerprint density at radius 2 is 2.06 bits per heavy atom. The van der Waals surface area contributed by atoms with Crippen LogP contribution in [0.1, 0.15) is 17.3 Å². The van der Waals surface area contributed by atoms with Crippen molar-refractivity contribution in [3.63, 3.8) is 0 Å². The third-order valence-corrected chi connectivity index (χ3v) is 2.55. The van der Waals surface area contributed by atoms with Crippen LogP contribution in [0.3, 0.4) is 0 Å². The number of carboxylic acid groups (broad SMARTS) is 1. The molecule has 0 aliphatic carbocycles. The zero-order valence-electron chi connectivity index (χ0n) is 9.17. The van der Waals surface area contributed by atoms with Gasteiger partial charge in [0.2, 0.25) is 5.91 Å². The second-order valence-electron chi connectivity index (χ2n) is 3.82. The molecule has 5 nitrogen and oxygen atoms in total. The van der Waals surface area contributed by atoms with Gasteiger partial charge in [0.15, 0.2) is 0 Å². The molecule has 1 aromatic heterocycles. The summed E-state index contributed by atoms with van der Waals surface area (Å²) in [6.07, 6.45) is 1.35. The van der Waals surface area contributed by atoms with Gasteiger partial charge >= 0.3 is 5.97 Å². The molecular weight excluding hydrogens is 222 g/mol. The Bertz CT molecular complexity index is 612. The topological polar surface area (TPSA) is 79.5 Å². The standard InChI is InChI=1S/C12H11NO4/c1-7(14)13-6-8(4-12(16)17)10-3-2-9(15)5-11(10)13/h2-3,5-6,15H,4H2,1H3,(H,16,17). The minimum absolute atomic E-state index is 0.0416. The first-order valence-electron chi connectivity index (χ1n) is 5.04. The quantitative estimate of drug-likeness (QED) is 0.826. The number of aromatic nitrogens is 1. The van der Waals surface area contributed by atoms with Gasteiger partial charge in [-0.2, -0.15) is 0 Å².